The van der Waals surface area contributed by atoms with Crippen LogP contribution >= 0.6 is 0 Å². The van der Waals surface area contributed by atoms with Gasteiger partial charge in [-0.05, 0) is 12.8 Å². The van der Waals surface area contributed by atoms with Gasteiger partial charge in [-0.1, -0.05) is 20.8 Å². The molecular weight excluding hydrogens is 242 g/mol. The Balaban J connectivity index is 2.89. The molecule has 0 bridgehead atoms. The Morgan fingerprint density at radius 2 is 1.84 bits per heavy atom. The van der Waals surface area contributed by atoms with E-state index in [1.54, 1.807) is 7.11 Å². The summed E-state index contributed by atoms with van der Waals surface area (Å²) in [6.07, 6.45) is 0. The molecule has 1 unspecified atom stereocenters. The molecule has 0 amide bonds. The average molecular weight is 267 g/mol. The van der Waals surface area contributed by atoms with Crippen molar-refractivity contribution in [2.75, 3.05) is 31.0 Å². The molecule has 1 aromatic heterocycles. The topological polar surface area (TPSA) is 85.1 Å². The molecule has 0 aliphatic heterocycles. The van der Waals surface area contributed by atoms with Crippen molar-refractivity contribution in [2.24, 2.45) is 11.8 Å². The lowest BCUT2D eigenvalue weighted by Crippen LogP contribution is -2.19. The van der Waals surface area contributed by atoms with Crippen molar-refractivity contribution in [1.82, 2.24) is 9.97 Å². The number of nitrogen functional groups attached to an aromatic ring is 1. The van der Waals surface area contributed by atoms with Gasteiger partial charge in [-0.3, -0.25) is 0 Å². The molecule has 0 fully saturated rings. The summed E-state index contributed by atoms with van der Waals surface area (Å²) in [4.78, 5) is 8.96. The maximum Gasteiger partial charge on any atom is 0.148 e. The fraction of sp³-hybridized carbons (Fsp3) is 0.692. The zero-order valence-electron chi connectivity index (χ0n) is 12.4. The van der Waals surface area contributed by atoms with E-state index in [0.717, 1.165) is 30.4 Å². The van der Waals surface area contributed by atoms with Gasteiger partial charge >= 0.3 is 0 Å². The maximum absolute atomic E-state index is 5.50. The SMILES string of the molecule is COCC(C)CNc1nc(C(C)C)nc(NN)c1C. The number of nitrogens with one attached hydrogen (secondary N) is 2. The van der Waals surface area contributed by atoms with Crippen molar-refractivity contribution in [1.29, 1.82) is 0 Å². The Kier molecular flexibility index (Phi) is 5.98. The number of aromatic nitrogens is 2. The molecule has 0 saturated carbocycles. The lowest BCUT2D eigenvalue weighted by Gasteiger charge is -2.17. The second-order valence-electron chi connectivity index (χ2n) is 5.14. The first kappa shape index (κ1) is 15.7. The standard InChI is InChI=1S/C13H25N5O/c1-8(2)11-16-12(10(4)13(17-11)18-14)15-6-9(3)7-19-5/h8-9H,6-7,14H2,1-5H3,(H2,15,16,17,18). The molecule has 6 nitrogen and oxygen atoms in total. The summed E-state index contributed by atoms with van der Waals surface area (Å²) >= 11 is 0. The monoisotopic (exact) mass is 267 g/mol. The van der Waals surface area contributed by atoms with Gasteiger partial charge < -0.3 is 15.5 Å². The van der Waals surface area contributed by atoms with Gasteiger partial charge in [-0.25, -0.2) is 15.8 Å². The third-order valence-electron chi connectivity index (χ3n) is 2.89. The molecule has 1 aromatic rings. The van der Waals surface area contributed by atoms with E-state index in [2.05, 4.69) is 41.5 Å². The first-order valence-corrected chi connectivity index (χ1v) is 6.57. The zero-order chi connectivity index (χ0) is 14.4. The second-order valence-corrected chi connectivity index (χ2v) is 5.14. The Labute approximate surface area is 115 Å². The molecule has 1 atom stereocenters. The lowest BCUT2D eigenvalue weighted by atomic mass is 10.2. The van der Waals surface area contributed by atoms with Gasteiger partial charge in [0.2, 0.25) is 0 Å². The van der Waals surface area contributed by atoms with Gasteiger partial charge in [0.05, 0.1) is 6.61 Å². The third kappa shape index (κ3) is 4.33. The van der Waals surface area contributed by atoms with Gasteiger partial charge in [-0.15, -0.1) is 0 Å². The Morgan fingerprint density at radius 3 is 2.37 bits per heavy atom. The Morgan fingerprint density at radius 1 is 1.21 bits per heavy atom. The molecular formula is C13H25N5O. The molecule has 0 radical (unpaired) electrons. The van der Waals surface area contributed by atoms with Crippen molar-refractivity contribution in [2.45, 2.75) is 33.6 Å². The summed E-state index contributed by atoms with van der Waals surface area (Å²) in [5, 5.41) is 3.34. The van der Waals surface area contributed by atoms with Crippen molar-refractivity contribution in [3.8, 4) is 0 Å². The molecule has 0 aromatic carbocycles. The van der Waals surface area contributed by atoms with Crippen LogP contribution in [0.1, 0.15) is 38.1 Å². The molecule has 1 rings (SSSR count). The molecule has 6 heteroatoms. The van der Waals surface area contributed by atoms with Crippen LogP contribution in [0, 0.1) is 12.8 Å². The fourth-order valence-corrected chi connectivity index (χ4v) is 1.72. The summed E-state index contributed by atoms with van der Waals surface area (Å²) in [6, 6.07) is 0. The first-order valence-electron chi connectivity index (χ1n) is 6.57. The van der Waals surface area contributed by atoms with Crippen LogP contribution in [0.4, 0.5) is 11.6 Å². The minimum absolute atomic E-state index is 0.254. The van der Waals surface area contributed by atoms with Crippen molar-refractivity contribution >= 4 is 11.6 Å². The number of hydrogen-bond acceptors (Lipinski definition) is 6. The highest BCUT2D eigenvalue weighted by molar-refractivity contribution is 5.56. The number of anilines is 2. The number of nitrogens with zero attached hydrogens (tertiary/aromatic N) is 2. The van der Waals surface area contributed by atoms with Crippen molar-refractivity contribution in [3.05, 3.63) is 11.4 Å². The van der Waals surface area contributed by atoms with E-state index in [-0.39, 0.29) is 5.92 Å². The summed E-state index contributed by atoms with van der Waals surface area (Å²) in [7, 11) is 1.71. The quantitative estimate of drug-likeness (QED) is 0.517. The van der Waals surface area contributed by atoms with Crippen LogP contribution in [0.5, 0.6) is 0 Å². The molecule has 19 heavy (non-hydrogen) atoms. The minimum Gasteiger partial charge on any atom is -0.384 e. The summed E-state index contributed by atoms with van der Waals surface area (Å²) < 4.78 is 5.12. The fourth-order valence-electron chi connectivity index (χ4n) is 1.72. The molecule has 4 N–H and O–H groups in total. The van der Waals surface area contributed by atoms with Gasteiger partial charge in [0, 0.05) is 25.1 Å². The van der Waals surface area contributed by atoms with E-state index in [4.69, 9.17) is 10.6 Å². The maximum atomic E-state index is 5.50. The van der Waals surface area contributed by atoms with E-state index in [1.165, 1.54) is 0 Å². The highest BCUT2D eigenvalue weighted by Crippen LogP contribution is 2.22. The van der Waals surface area contributed by atoms with Crippen molar-refractivity contribution in [3.63, 3.8) is 0 Å². The van der Waals surface area contributed by atoms with Crippen LogP contribution in [0.3, 0.4) is 0 Å². The Hall–Kier alpha value is -1.40. The van der Waals surface area contributed by atoms with Gasteiger partial charge in [0.1, 0.15) is 17.5 Å². The number of methoxy groups -OCH3 is 1. The normalized spacial score (nSPS) is 12.6. The summed E-state index contributed by atoms with van der Waals surface area (Å²) in [5.41, 5.74) is 3.56. The molecule has 0 aliphatic rings. The average Bonchev–Trinajstić information content (AvgIpc) is 2.37. The number of hydrogen-bond donors (Lipinski definition) is 3. The van der Waals surface area contributed by atoms with Gasteiger partial charge in [-0.2, -0.15) is 0 Å². The van der Waals surface area contributed by atoms with Crippen molar-refractivity contribution < 1.29 is 4.74 Å². The van der Waals surface area contributed by atoms with Gasteiger partial charge in [0.15, 0.2) is 0 Å². The first-order chi connectivity index (χ1) is 8.99. The number of hydrazine groups is 1. The number of nitrogens with two attached hydrogens (primary N) is 1. The van der Waals surface area contributed by atoms with E-state index < -0.39 is 0 Å². The van der Waals surface area contributed by atoms with Gasteiger partial charge in [0.25, 0.3) is 0 Å². The highest BCUT2D eigenvalue weighted by atomic mass is 16.5. The molecule has 1 heterocycles. The number of rotatable bonds is 7. The largest absolute Gasteiger partial charge is 0.384 e. The Bertz CT molecular complexity index is 408. The molecule has 108 valence electrons. The van der Waals surface area contributed by atoms with Crippen LogP contribution in [0.2, 0.25) is 0 Å². The van der Waals surface area contributed by atoms with E-state index >= 15 is 0 Å². The van der Waals surface area contributed by atoms with Crippen LogP contribution in [0.25, 0.3) is 0 Å². The number of ether oxygens (including phenoxy) is 1. The lowest BCUT2D eigenvalue weighted by molar-refractivity contribution is 0.164. The minimum atomic E-state index is 0.254. The summed E-state index contributed by atoms with van der Waals surface area (Å²) in [5.74, 6) is 8.45. The van der Waals surface area contributed by atoms with Crippen LogP contribution in [-0.4, -0.2) is 30.2 Å². The zero-order valence-corrected chi connectivity index (χ0v) is 12.4. The summed E-state index contributed by atoms with van der Waals surface area (Å²) in [6.45, 7) is 9.70. The second kappa shape index (κ2) is 7.25. The van der Waals surface area contributed by atoms with Crippen LogP contribution in [-0.2, 0) is 4.74 Å². The van der Waals surface area contributed by atoms with E-state index in [0.29, 0.717) is 11.7 Å². The highest BCUT2D eigenvalue weighted by Gasteiger charge is 2.13. The van der Waals surface area contributed by atoms with E-state index in [9.17, 15) is 0 Å². The van der Waals surface area contributed by atoms with Crippen LogP contribution in [0.15, 0.2) is 0 Å². The third-order valence-corrected chi connectivity index (χ3v) is 2.89. The smallest absolute Gasteiger partial charge is 0.148 e. The van der Waals surface area contributed by atoms with Crippen LogP contribution < -0.4 is 16.6 Å². The van der Waals surface area contributed by atoms with E-state index in [1.807, 2.05) is 6.92 Å². The predicted octanol–water partition coefficient (Wildman–Crippen LogP) is 1.89. The molecule has 0 saturated heterocycles. The molecule has 0 spiro atoms. The predicted molar refractivity (Wildman–Crippen MR) is 78.2 cm³/mol. The molecule has 0 aliphatic carbocycles.